The maximum absolute atomic E-state index is 12.9. The lowest BCUT2D eigenvalue weighted by atomic mass is 9.97. The molecular weight excluding hydrogens is 362 g/mol. The van der Waals surface area contributed by atoms with Gasteiger partial charge in [0.05, 0.1) is 12.1 Å². The van der Waals surface area contributed by atoms with Gasteiger partial charge in [-0.3, -0.25) is 9.59 Å². The Morgan fingerprint density at radius 2 is 1.86 bits per heavy atom. The fourth-order valence-corrected chi connectivity index (χ4v) is 3.78. The molecular formula is C24H35N3O2. The highest BCUT2D eigenvalue weighted by Gasteiger charge is 2.37. The third-order valence-electron chi connectivity index (χ3n) is 5.67. The highest BCUT2D eigenvalue weighted by Crippen LogP contribution is 2.24. The molecule has 1 fully saturated rings. The van der Waals surface area contributed by atoms with E-state index in [2.05, 4.69) is 30.1 Å². The standard InChI is InChI=1S/C24H35N3O2/c1-7-20(15(2)3)19-12-10-18(11-13-19)17(6)26-23(28)21-9-8-14-27(21)24(29)22(25)16(4)5/h7,10-13,16-17,21-22H,2,8-9,14,25H2,1,3-6H3,(H,26,28)/b20-7+. The Kier molecular flexibility index (Phi) is 7.80. The summed E-state index contributed by atoms with van der Waals surface area (Å²) in [6, 6.07) is 7.00. The van der Waals surface area contributed by atoms with Gasteiger partial charge in [-0.1, -0.05) is 56.3 Å². The fourth-order valence-electron chi connectivity index (χ4n) is 3.78. The van der Waals surface area contributed by atoms with Gasteiger partial charge in [0.25, 0.3) is 0 Å². The Balaban J connectivity index is 2.06. The van der Waals surface area contributed by atoms with Crippen LogP contribution in [0, 0.1) is 5.92 Å². The van der Waals surface area contributed by atoms with Crippen LogP contribution >= 0.6 is 0 Å². The summed E-state index contributed by atoms with van der Waals surface area (Å²) in [4.78, 5) is 27.2. The second-order valence-electron chi connectivity index (χ2n) is 8.29. The van der Waals surface area contributed by atoms with E-state index in [1.165, 1.54) is 0 Å². The Hall–Kier alpha value is -2.40. The number of carbonyl (C=O) groups excluding carboxylic acids is 2. The number of hydrogen-bond acceptors (Lipinski definition) is 3. The molecule has 1 aliphatic rings. The quantitative estimate of drug-likeness (QED) is 0.687. The van der Waals surface area contributed by atoms with E-state index in [0.29, 0.717) is 13.0 Å². The molecule has 158 valence electrons. The van der Waals surface area contributed by atoms with Crippen LogP contribution in [0.1, 0.15) is 64.6 Å². The van der Waals surface area contributed by atoms with Crippen molar-refractivity contribution in [1.82, 2.24) is 10.2 Å². The number of nitrogens with two attached hydrogens (primary N) is 1. The third kappa shape index (κ3) is 5.36. The smallest absolute Gasteiger partial charge is 0.243 e. The van der Waals surface area contributed by atoms with Crippen molar-refractivity contribution in [3.05, 3.63) is 53.6 Å². The average molecular weight is 398 g/mol. The lowest BCUT2D eigenvalue weighted by Gasteiger charge is -2.29. The largest absolute Gasteiger partial charge is 0.348 e. The van der Waals surface area contributed by atoms with Gasteiger partial charge >= 0.3 is 0 Å². The monoisotopic (exact) mass is 397 g/mol. The van der Waals surface area contributed by atoms with Gasteiger partial charge in [-0.15, -0.1) is 0 Å². The van der Waals surface area contributed by atoms with Crippen LogP contribution in [-0.4, -0.2) is 35.3 Å². The molecule has 0 spiro atoms. The first kappa shape index (κ1) is 22.9. The molecule has 3 atom stereocenters. The Bertz CT molecular complexity index is 780. The van der Waals surface area contributed by atoms with E-state index < -0.39 is 12.1 Å². The van der Waals surface area contributed by atoms with Gasteiger partial charge in [-0.25, -0.2) is 0 Å². The van der Waals surface area contributed by atoms with Crippen LogP contribution < -0.4 is 11.1 Å². The summed E-state index contributed by atoms with van der Waals surface area (Å²) >= 11 is 0. The van der Waals surface area contributed by atoms with Gasteiger partial charge in [0, 0.05) is 6.54 Å². The van der Waals surface area contributed by atoms with E-state index in [-0.39, 0.29) is 23.8 Å². The zero-order valence-electron chi connectivity index (χ0n) is 18.4. The Morgan fingerprint density at radius 3 is 2.38 bits per heavy atom. The maximum Gasteiger partial charge on any atom is 0.243 e. The molecule has 0 saturated carbocycles. The van der Waals surface area contributed by atoms with E-state index in [9.17, 15) is 9.59 Å². The van der Waals surface area contributed by atoms with E-state index >= 15 is 0 Å². The molecule has 5 heteroatoms. The number of allylic oxidation sites excluding steroid dienone is 3. The molecule has 5 nitrogen and oxygen atoms in total. The Morgan fingerprint density at radius 1 is 1.24 bits per heavy atom. The number of likely N-dealkylation sites (tertiary alicyclic amines) is 1. The summed E-state index contributed by atoms with van der Waals surface area (Å²) in [7, 11) is 0. The topological polar surface area (TPSA) is 75.4 Å². The van der Waals surface area contributed by atoms with Crippen LogP contribution in [0.15, 0.2) is 42.5 Å². The molecule has 0 aliphatic carbocycles. The lowest BCUT2D eigenvalue weighted by Crippen LogP contribution is -2.52. The minimum Gasteiger partial charge on any atom is -0.348 e. The van der Waals surface area contributed by atoms with Crippen LogP contribution in [0.2, 0.25) is 0 Å². The zero-order valence-corrected chi connectivity index (χ0v) is 18.4. The molecule has 1 aliphatic heterocycles. The van der Waals surface area contributed by atoms with Gasteiger partial charge in [0.1, 0.15) is 6.04 Å². The molecule has 3 unspecified atom stereocenters. The summed E-state index contributed by atoms with van der Waals surface area (Å²) in [5, 5.41) is 3.07. The van der Waals surface area contributed by atoms with Gasteiger partial charge in [-0.05, 0) is 56.2 Å². The first-order chi connectivity index (χ1) is 13.7. The predicted molar refractivity (Wildman–Crippen MR) is 119 cm³/mol. The number of nitrogens with one attached hydrogen (secondary N) is 1. The van der Waals surface area contributed by atoms with Crippen molar-refractivity contribution >= 4 is 17.4 Å². The first-order valence-electron chi connectivity index (χ1n) is 10.5. The summed E-state index contributed by atoms with van der Waals surface area (Å²) < 4.78 is 0. The first-order valence-corrected chi connectivity index (χ1v) is 10.5. The van der Waals surface area contributed by atoms with Crippen LogP contribution in [-0.2, 0) is 9.59 Å². The Labute approximate surface area is 175 Å². The minimum atomic E-state index is -0.567. The van der Waals surface area contributed by atoms with E-state index in [1.54, 1.807) is 4.90 Å². The third-order valence-corrected chi connectivity index (χ3v) is 5.67. The summed E-state index contributed by atoms with van der Waals surface area (Å²) in [5.41, 5.74) is 10.3. The van der Waals surface area contributed by atoms with Crippen LogP contribution in [0.4, 0.5) is 0 Å². The highest BCUT2D eigenvalue weighted by molar-refractivity contribution is 5.90. The number of hydrogen-bond donors (Lipinski definition) is 2. The number of benzene rings is 1. The van der Waals surface area contributed by atoms with Crippen LogP contribution in [0.3, 0.4) is 0 Å². The molecule has 1 aromatic rings. The summed E-state index contributed by atoms with van der Waals surface area (Å²) in [6.45, 7) is 14.4. The normalized spacial score (nSPS) is 19.2. The minimum absolute atomic E-state index is 0.0468. The van der Waals surface area contributed by atoms with Crippen molar-refractivity contribution < 1.29 is 9.59 Å². The van der Waals surface area contributed by atoms with Crippen molar-refractivity contribution in [2.75, 3.05) is 6.54 Å². The van der Waals surface area contributed by atoms with Gasteiger partial charge < -0.3 is 16.0 Å². The molecule has 0 aromatic heterocycles. The highest BCUT2D eigenvalue weighted by atomic mass is 16.2. The predicted octanol–water partition coefficient (Wildman–Crippen LogP) is 3.82. The van der Waals surface area contributed by atoms with Crippen molar-refractivity contribution in [2.45, 2.75) is 65.6 Å². The summed E-state index contributed by atoms with van der Waals surface area (Å²) in [6.07, 6.45) is 3.55. The number of nitrogens with zero attached hydrogens (tertiary/aromatic N) is 1. The molecule has 0 bridgehead atoms. The molecule has 2 rings (SSSR count). The molecule has 1 aromatic carbocycles. The van der Waals surface area contributed by atoms with Crippen molar-refractivity contribution in [2.24, 2.45) is 11.7 Å². The molecule has 2 amide bonds. The summed E-state index contributed by atoms with van der Waals surface area (Å²) in [5.74, 6) is -0.196. The zero-order chi connectivity index (χ0) is 21.7. The van der Waals surface area contributed by atoms with E-state index in [4.69, 9.17) is 5.73 Å². The van der Waals surface area contributed by atoms with Gasteiger partial charge in [-0.2, -0.15) is 0 Å². The second kappa shape index (κ2) is 9.88. The maximum atomic E-state index is 12.9. The van der Waals surface area contributed by atoms with Gasteiger partial charge in [0.2, 0.25) is 11.8 Å². The van der Waals surface area contributed by atoms with E-state index in [0.717, 1.165) is 28.7 Å². The molecule has 3 N–H and O–H groups in total. The SMILES string of the molecule is C=C(C)/C(=C\C)c1ccc(C(C)NC(=O)C2CCCN2C(=O)C(N)C(C)C)cc1. The molecule has 1 heterocycles. The molecule has 1 saturated heterocycles. The average Bonchev–Trinajstić information content (AvgIpc) is 3.17. The van der Waals surface area contributed by atoms with Gasteiger partial charge in [0.15, 0.2) is 0 Å². The fraction of sp³-hybridized carbons (Fsp3) is 0.500. The van der Waals surface area contributed by atoms with Crippen LogP contribution in [0.25, 0.3) is 5.57 Å². The van der Waals surface area contributed by atoms with Crippen LogP contribution in [0.5, 0.6) is 0 Å². The number of carbonyl (C=O) groups is 2. The molecule has 0 radical (unpaired) electrons. The number of rotatable bonds is 7. The number of amides is 2. The lowest BCUT2D eigenvalue weighted by molar-refractivity contribution is -0.140. The second-order valence-corrected chi connectivity index (χ2v) is 8.29. The van der Waals surface area contributed by atoms with Crippen molar-refractivity contribution in [1.29, 1.82) is 0 Å². The van der Waals surface area contributed by atoms with Crippen molar-refractivity contribution in [3.63, 3.8) is 0 Å². The molecule has 29 heavy (non-hydrogen) atoms. The van der Waals surface area contributed by atoms with E-state index in [1.807, 2.05) is 46.8 Å². The van der Waals surface area contributed by atoms with Crippen molar-refractivity contribution in [3.8, 4) is 0 Å².